The lowest BCUT2D eigenvalue weighted by Gasteiger charge is -2.25. The minimum atomic E-state index is -3.08. The van der Waals surface area contributed by atoms with Crippen molar-refractivity contribution in [2.75, 3.05) is 18.1 Å². The maximum absolute atomic E-state index is 12.5. The first-order valence-corrected chi connectivity index (χ1v) is 9.93. The highest BCUT2D eigenvalue weighted by Gasteiger charge is 2.42. The SMILES string of the molecule is CC1(NC(=O)C2CC(=O)N(Cc3ccccc3)C2)CCS(=O)(=O)C1. The van der Waals surface area contributed by atoms with E-state index in [9.17, 15) is 18.0 Å². The summed E-state index contributed by atoms with van der Waals surface area (Å²) in [6.45, 7) is 2.63. The third kappa shape index (κ3) is 3.77. The lowest BCUT2D eigenvalue weighted by atomic mass is 9.99. The van der Waals surface area contributed by atoms with E-state index in [1.165, 1.54) is 0 Å². The van der Waals surface area contributed by atoms with Crippen molar-refractivity contribution in [2.24, 2.45) is 5.92 Å². The van der Waals surface area contributed by atoms with Crippen LogP contribution in [0.3, 0.4) is 0 Å². The van der Waals surface area contributed by atoms with Gasteiger partial charge in [0.2, 0.25) is 11.8 Å². The van der Waals surface area contributed by atoms with Gasteiger partial charge in [-0.25, -0.2) is 8.42 Å². The van der Waals surface area contributed by atoms with E-state index >= 15 is 0 Å². The predicted molar refractivity (Wildman–Crippen MR) is 89.8 cm³/mol. The Morgan fingerprint density at radius 2 is 2.04 bits per heavy atom. The summed E-state index contributed by atoms with van der Waals surface area (Å²) in [6, 6.07) is 9.65. The van der Waals surface area contributed by atoms with E-state index in [2.05, 4.69) is 5.32 Å². The van der Waals surface area contributed by atoms with E-state index in [4.69, 9.17) is 0 Å². The molecule has 2 heterocycles. The quantitative estimate of drug-likeness (QED) is 0.868. The normalized spacial score (nSPS) is 29.0. The molecule has 0 radical (unpaired) electrons. The zero-order chi connectivity index (χ0) is 17.4. The topological polar surface area (TPSA) is 83.6 Å². The fourth-order valence-electron chi connectivity index (χ4n) is 3.41. The Hall–Kier alpha value is -1.89. The Bertz CT molecular complexity index is 747. The van der Waals surface area contributed by atoms with Crippen LogP contribution in [-0.4, -0.2) is 48.7 Å². The van der Waals surface area contributed by atoms with Crippen molar-refractivity contribution in [3.8, 4) is 0 Å². The smallest absolute Gasteiger partial charge is 0.225 e. The van der Waals surface area contributed by atoms with E-state index in [1.54, 1.807) is 11.8 Å². The molecule has 2 atom stereocenters. The van der Waals surface area contributed by atoms with Crippen molar-refractivity contribution in [2.45, 2.75) is 31.8 Å². The molecule has 130 valence electrons. The molecule has 6 nitrogen and oxygen atoms in total. The van der Waals surface area contributed by atoms with Crippen LogP contribution in [0.4, 0.5) is 0 Å². The second kappa shape index (κ2) is 6.20. The van der Waals surface area contributed by atoms with Crippen LogP contribution < -0.4 is 5.32 Å². The van der Waals surface area contributed by atoms with Gasteiger partial charge in [0.05, 0.1) is 23.0 Å². The number of likely N-dealkylation sites (tertiary alicyclic amines) is 1. The molecule has 7 heteroatoms. The largest absolute Gasteiger partial charge is 0.350 e. The molecular weight excluding hydrogens is 328 g/mol. The van der Waals surface area contributed by atoms with Crippen molar-refractivity contribution < 1.29 is 18.0 Å². The van der Waals surface area contributed by atoms with Crippen LogP contribution >= 0.6 is 0 Å². The van der Waals surface area contributed by atoms with Gasteiger partial charge in [-0.2, -0.15) is 0 Å². The minimum absolute atomic E-state index is 0.0276. The van der Waals surface area contributed by atoms with E-state index < -0.39 is 21.3 Å². The third-order valence-corrected chi connectivity index (χ3v) is 6.63. The molecule has 0 spiro atoms. The predicted octanol–water partition coefficient (Wildman–Crippen LogP) is 0.729. The maximum Gasteiger partial charge on any atom is 0.225 e. The van der Waals surface area contributed by atoms with Crippen LogP contribution in [0.25, 0.3) is 0 Å². The molecule has 0 bridgehead atoms. The van der Waals surface area contributed by atoms with Crippen LogP contribution in [0.1, 0.15) is 25.3 Å². The fourth-order valence-corrected chi connectivity index (χ4v) is 5.51. The standard InChI is InChI=1S/C17H22N2O4S/c1-17(7-8-24(22,23)12-17)18-16(21)14-9-15(20)19(11-14)10-13-5-3-2-4-6-13/h2-6,14H,7-12H2,1H3,(H,18,21). The molecule has 2 amide bonds. The van der Waals surface area contributed by atoms with E-state index in [0.29, 0.717) is 19.5 Å². The van der Waals surface area contributed by atoms with Crippen LogP contribution in [-0.2, 0) is 26.0 Å². The molecule has 2 fully saturated rings. The summed E-state index contributed by atoms with van der Waals surface area (Å²) in [5.41, 5.74) is 0.312. The number of hydrogen-bond acceptors (Lipinski definition) is 4. The van der Waals surface area contributed by atoms with Crippen molar-refractivity contribution >= 4 is 21.7 Å². The van der Waals surface area contributed by atoms with Gasteiger partial charge in [0.15, 0.2) is 9.84 Å². The number of benzene rings is 1. The number of carbonyl (C=O) groups excluding carboxylic acids is 2. The number of rotatable bonds is 4. The molecule has 1 N–H and O–H groups in total. The molecule has 24 heavy (non-hydrogen) atoms. The number of sulfone groups is 1. The molecule has 2 aliphatic rings. The number of hydrogen-bond donors (Lipinski definition) is 1. The molecule has 1 aromatic carbocycles. The van der Waals surface area contributed by atoms with Gasteiger partial charge in [-0.05, 0) is 18.9 Å². The third-order valence-electron chi connectivity index (χ3n) is 4.73. The molecule has 0 saturated carbocycles. The summed E-state index contributed by atoms with van der Waals surface area (Å²) in [4.78, 5) is 26.3. The number of amides is 2. The average molecular weight is 350 g/mol. The van der Waals surface area contributed by atoms with Crippen molar-refractivity contribution in [1.82, 2.24) is 10.2 Å². The van der Waals surface area contributed by atoms with Gasteiger partial charge in [0.1, 0.15) is 0 Å². The lowest BCUT2D eigenvalue weighted by Crippen LogP contribution is -2.49. The first-order valence-electron chi connectivity index (χ1n) is 8.11. The maximum atomic E-state index is 12.5. The summed E-state index contributed by atoms with van der Waals surface area (Å²) >= 11 is 0. The minimum Gasteiger partial charge on any atom is -0.350 e. The fraction of sp³-hybridized carbons (Fsp3) is 0.529. The van der Waals surface area contributed by atoms with Crippen LogP contribution in [0, 0.1) is 5.92 Å². The molecule has 1 aromatic rings. The lowest BCUT2D eigenvalue weighted by molar-refractivity contribution is -0.129. The van der Waals surface area contributed by atoms with Crippen LogP contribution in [0.2, 0.25) is 0 Å². The van der Waals surface area contributed by atoms with Crippen LogP contribution in [0.5, 0.6) is 0 Å². The molecule has 2 unspecified atom stereocenters. The van der Waals surface area contributed by atoms with Crippen molar-refractivity contribution in [1.29, 1.82) is 0 Å². The highest BCUT2D eigenvalue weighted by Crippen LogP contribution is 2.26. The average Bonchev–Trinajstić information content (AvgIpc) is 3.00. The summed E-state index contributed by atoms with van der Waals surface area (Å²) in [6.07, 6.45) is 0.608. The Balaban J connectivity index is 1.60. The van der Waals surface area contributed by atoms with E-state index in [-0.39, 0.29) is 29.7 Å². The molecular formula is C17H22N2O4S. The second-order valence-corrected chi connectivity index (χ2v) is 9.24. The van der Waals surface area contributed by atoms with Gasteiger partial charge >= 0.3 is 0 Å². The Morgan fingerprint density at radius 3 is 2.67 bits per heavy atom. The Kier molecular flexibility index (Phi) is 4.38. The Labute approximate surface area is 142 Å². The molecule has 0 aliphatic carbocycles. The Morgan fingerprint density at radius 1 is 1.33 bits per heavy atom. The molecule has 0 aromatic heterocycles. The van der Waals surface area contributed by atoms with Gasteiger partial charge < -0.3 is 10.2 Å². The number of nitrogens with zero attached hydrogens (tertiary/aromatic N) is 1. The van der Waals surface area contributed by atoms with Gasteiger partial charge in [0, 0.05) is 19.5 Å². The van der Waals surface area contributed by atoms with Gasteiger partial charge in [-0.15, -0.1) is 0 Å². The number of carbonyl (C=O) groups is 2. The van der Waals surface area contributed by atoms with Gasteiger partial charge in [0.25, 0.3) is 0 Å². The van der Waals surface area contributed by atoms with Crippen molar-refractivity contribution in [3.63, 3.8) is 0 Å². The summed E-state index contributed by atoms with van der Waals surface area (Å²) in [5.74, 6) is -0.601. The first-order chi connectivity index (χ1) is 11.3. The highest BCUT2D eigenvalue weighted by molar-refractivity contribution is 7.91. The first kappa shape index (κ1) is 17.0. The molecule has 2 saturated heterocycles. The summed E-state index contributed by atoms with van der Waals surface area (Å²) in [5, 5.41) is 2.86. The van der Waals surface area contributed by atoms with Crippen LogP contribution in [0.15, 0.2) is 30.3 Å². The summed E-state index contributed by atoms with van der Waals surface area (Å²) in [7, 11) is -3.08. The van der Waals surface area contributed by atoms with Gasteiger partial charge in [-0.1, -0.05) is 30.3 Å². The second-order valence-electron chi connectivity index (χ2n) is 7.05. The zero-order valence-electron chi connectivity index (χ0n) is 13.7. The van der Waals surface area contributed by atoms with E-state index in [0.717, 1.165) is 5.56 Å². The summed E-state index contributed by atoms with van der Waals surface area (Å²) < 4.78 is 23.3. The molecule has 3 rings (SSSR count). The zero-order valence-corrected chi connectivity index (χ0v) is 14.5. The highest BCUT2D eigenvalue weighted by atomic mass is 32.2. The van der Waals surface area contributed by atoms with E-state index in [1.807, 2.05) is 30.3 Å². The monoisotopic (exact) mass is 350 g/mol. The molecule has 2 aliphatic heterocycles. The van der Waals surface area contributed by atoms with Gasteiger partial charge in [-0.3, -0.25) is 9.59 Å². The number of nitrogens with one attached hydrogen (secondary N) is 1. The van der Waals surface area contributed by atoms with Crippen molar-refractivity contribution in [3.05, 3.63) is 35.9 Å².